The monoisotopic (exact) mass is 368 g/mol. The number of fused-ring (bicyclic) bond motifs is 1. The molecule has 1 aliphatic heterocycles. The van der Waals surface area contributed by atoms with Gasteiger partial charge in [-0.05, 0) is 24.3 Å². The van der Waals surface area contributed by atoms with Crippen LogP contribution < -0.4 is 10.6 Å². The third-order valence-corrected chi connectivity index (χ3v) is 4.05. The van der Waals surface area contributed by atoms with Crippen molar-refractivity contribution >= 4 is 34.8 Å². The van der Waals surface area contributed by atoms with Crippen LogP contribution in [0.5, 0.6) is 0 Å². The number of imide groups is 1. The van der Waals surface area contributed by atoms with E-state index < -0.39 is 10.8 Å². The van der Waals surface area contributed by atoms with Crippen molar-refractivity contribution in [3.63, 3.8) is 0 Å². The molecule has 0 saturated heterocycles. The molecule has 0 fully saturated rings. The first-order valence-electron chi connectivity index (χ1n) is 8.13. The molecule has 0 aromatic heterocycles. The van der Waals surface area contributed by atoms with Crippen molar-refractivity contribution in [2.45, 2.75) is 6.92 Å². The molecule has 2 aromatic rings. The summed E-state index contributed by atoms with van der Waals surface area (Å²) >= 11 is 0. The fraction of sp³-hybridized carbons (Fsp3) is 0.167. The lowest BCUT2D eigenvalue weighted by Crippen LogP contribution is -2.34. The zero-order valence-electron chi connectivity index (χ0n) is 14.4. The van der Waals surface area contributed by atoms with E-state index in [4.69, 9.17) is 0 Å². The second kappa shape index (κ2) is 7.24. The third kappa shape index (κ3) is 3.61. The Kier molecular flexibility index (Phi) is 4.84. The van der Waals surface area contributed by atoms with E-state index in [1.807, 2.05) is 0 Å². The zero-order chi connectivity index (χ0) is 19.6. The van der Waals surface area contributed by atoms with E-state index in [-0.39, 0.29) is 36.3 Å². The summed E-state index contributed by atoms with van der Waals surface area (Å²) in [5.74, 6) is -1.12. The maximum atomic E-state index is 12.3. The van der Waals surface area contributed by atoms with Gasteiger partial charge in [0.25, 0.3) is 17.5 Å². The van der Waals surface area contributed by atoms with Gasteiger partial charge < -0.3 is 10.6 Å². The number of nitrogens with zero attached hydrogens (tertiary/aromatic N) is 2. The number of carbonyl (C=O) groups excluding carboxylic acids is 3. The minimum absolute atomic E-state index is 0.0678. The number of anilines is 2. The van der Waals surface area contributed by atoms with Gasteiger partial charge >= 0.3 is 0 Å². The van der Waals surface area contributed by atoms with E-state index in [2.05, 4.69) is 10.6 Å². The number of nitrogens with one attached hydrogen (secondary N) is 2. The Bertz CT molecular complexity index is 922. The van der Waals surface area contributed by atoms with Crippen LogP contribution in [0.4, 0.5) is 17.1 Å². The molecule has 9 heteroatoms. The van der Waals surface area contributed by atoms with Crippen LogP contribution in [0.1, 0.15) is 27.6 Å². The van der Waals surface area contributed by atoms with E-state index >= 15 is 0 Å². The third-order valence-electron chi connectivity index (χ3n) is 4.05. The minimum Gasteiger partial charge on any atom is -0.383 e. The topological polar surface area (TPSA) is 122 Å². The summed E-state index contributed by atoms with van der Waals surface area (Å²) in [7, 11) is 0. The van der Waals surface area contributed by atoms with Crippen molar-refractivity contribution < 1.29 is 19.3 Å². The highest BCUT2D eigenvalue weighted by Gasteiger charge is 2.34. The van der Waals surface area contributed by atoms with E-state index in [9.17, 15) is 24.5 Å². The van der Waals surface area contributed by atoms with Gasteiger partial charge in [0.05, 0.1) is 16.1 Å². The summed E-state index contributed by atoms with van der Waals surface area (Å²) in [6.07, 6.45) is 0. The molecule has 0 radical (unpaired) electrons. The number of nitro benzene ring substituents is 1. The first-order valence-corrected chi connectivity index (χ1v) is 8.13. The molecule has 0 spiro atoms. The van der Waals surface area contributed by atoms with Crippen molar-refractivity contribution in [1.29, 1.82) is 0 Å². The molecule has 2 N–H and O–H groups in total. The molecule has 3 rings (SSSR count). The van der Waals surface area contributed by atoms with Gasteiger partial charge in [0, 0.05) is 31.8 Å². The second-order valence-corrected chi connectivity index (χ2v) is 5.90. The Morgan fingerprint density at radius 3 is 2.30 bits per heavy atom. The van der Waals surface area contributed by atoms with Crippen LogP contribution in [0.15, 0.2) is 42.5 Å². The van der Waals surface area contributed by atoms with Gasteiger partial charge in [0.2, 0.25) is 5.91 Å². The van der Waals surface area contributed by atoms with Gasteiger partial charge in [0.15, 0.2) is 0 Å². The number of rotatable bonds is 6. The molecular weight excluding hydrogens is 352 g/mol. The molecule has 0 atom stereocenters. The number of carbonyl (C=O) groups is 3. The van der Waals surface area contributed by atoms with Crippen molar-refractivity contribution in [2.24, 2.45) is 0 Å². The molecule has 138 valence electrons. The smallest absolute Gasteiger partial charge is 0.292 e. The van der Waals surface area contributed by atoms with Crippen LogP contribution in [-0.4, -0.2) is 40.6 Å². The lowest BCUT2D eigenvalue weighted by atomic mass is 10.1. The summed E-state index contributed by atoms with van der Waals surface area (Å²) < 4.78 is 0. The number of benzene rings is 2. The Morgan fingerprint density at radius 2 is 1.74 bits per heavy atom. The van der Waals surface area contributed by atoms with Gasteiger partial charge in [0.1, 0.15) is 5.69 Å². The molecule has 0 bridgehead atoms. The Labute approximate surface area is 154 Å². The first-order chi connectivity index (χ1) is 12.9. The number of nitro groups is 1. The molecule has 9 nitrogen and oxygen atoms in total. The standard InChI is InChI=1S/C18H16N4O5/c1-11(23)20-15-10-12(6-7-16(15)22(26)27)19-8-9-21-17(24)13-4-2-3-5-14(13)18(21)25/h2-7,10,19H,8-9H2,1H3,(H,20,23). The van der Waals surface area contributed by atoms with Gasteiger partial charge in [-0.1, -0.05) is 12.1 Å². The SMILES string of the molecule is CC(=O)Nc1cc(NCCN2C(=O)c3ccccc3C2=O)ccc1[N+](=O)[O-]. The maximum Gasteiger partial charge on any atom is 0.292 e. The summed E-state index contributed by atoms with van der Waals surface area (Å²) in [5, 5.41) is 16.4. The Hall–Kier alpha value is -3.75. The van der Waals surface area contributed by atoms with Gasteiger partial charge in [-0.25, -0.2) is 0 Å². The van der Waals surface area contributed by atoms with Crippen LogP contribution in [0, 0.1) is 10.1 Å². The molecule has 0 saturated carbocycles. The van der Waals surface area contributed by atoms with E-state index in [1.165, 1.54) is 25.1 Å². The van der Waals surface area contributed by atoms with Crippen LogP contribution in [0.3, 0.4) is 0 Å². The van der Waals surface area contributed by atoms with Crippen LogP contribution in [-0.2, 0) is 4.79 Å². The lowest BCUT2D eigenvalue weighted by molar-refractivity contribution is -0.383. The van der Waals surface area contributed by atoms with E-state index in [1.54, 1.807) is 24.3 Å². The first kappa shape index (κ1) is 18.1. The highest BCUT2D eigenvalue weighted by atomic mass is 16.6. The molecule has 1 heterocycles. The fourth-order valence-corrected chi connectivity index (χ4v) is 2.85. The maximum absolute atomic E-state index is 12.3. The molecule has 2 aromatic carbocycles. The fourth-order valence-electron chi connectivity index (χ4n) is 2.85. The second-order valence-electron chi connectivity index (χ2n) is 5.90. The normalized spacial score (nSPS) is 12.7. The van der Waals surface area contributed by atoms with Gasteiger partial charge in [-0.15, -0.1) is 0 Å². The molecule has 0 unspecified atom stereocenters. The van der Waals surface area contributed by atoms with Crippen molar-refractivity contribution in [3.05, 3.63) is 63.7 Å². The quantitative estimate of drug-likeness (QED) is 0.458. The molecule has 1 aliphatic rings. The van der Waals surface area contributed by atoms with E-state index in [0.717, 1.165) is 4.90 Å². The predicted molar refractivity (Wildman–Crippen MR) is 97.7 cm³/mol. The number of hydrogen-bond acceptors (Lipinski definition) is 6. The summed E-state index contributed by atoms with van der Waals surface area (Å²) in [6.45, 7) is 1.65. The molecule has 27 heavy (non-hydrogen) atoms. The number of hydrogen-bond donors (Lipinski definition) is 2. The van der Waals surface area contributed by atoms with Gasteiger partial charge in [-0.2, -0.15) is 0 Å². The molecular formula is C18H16N4O5. The van der Waals surface area contributed by atoms with Crippen molar-refractivity contribution in [3.8, 4) is 0 Å². The average Bonchev–Trinajstić information content (AvgIpc) is 2.86. The largest absolute Gasteiger partial charge is 0.383 e. The Balaban J connectivity index is 1.68. The van der Waals surface area contributed by atoms with Crippen LogP contribution in [0.25, 0.3) is 0 Å². The summed E-state index contributed by atoms with van der Waals surface area (Å²) in [4.78, 5) is 47.4. The predicted octanol–water partition coefficient (Wildman–Crippen LogP) is 2.26. The number of amides is 3. The highest BCUT2D eigenvalue weighted by Crippen LogP contribution is 2.28. The Morgan fingerprint density at radius 1 is 1.11 bits per heavy atom. The zero-order valence-corrected chi connectivity index (χ0v) is 14.4. The summed E-state index contributed by atoms with van der Waals surface area (Å²) in [6, 6.07) is 10.8. The minimum atomic E-state index is -0.589. The van der Waals surface area contributed by atoms with Gasteiger partial charge in [-0.3, -0.25) is 29.4 Å². The molecule has 0 aliphatic carbocycles. The highest BCUT2D eigenvalue weighted by molar-refractivity contribution is 6.21. The average molecular weight is 368 g/mol. The molecule has 3 amide bonds. The lowest BCUT2D eigenvalue weighted by Gasteiger charge is -2.15. The van der Waals surface area contributed by atoms with Crippen molar-refractivity contribution in [2.75, 3.05) is 23.7 Å². The van der Waals surface area contributed by atoms with Crippen LogP contribution >= 0.6 is 0 Å². The summed E-state index contributed by atoms with van der Waals surface area (Å²) in [5.41, 5.74) is 1.12. The van der Waals surface area contributed by atoms with Crippen LogP contribution in [0.2, 0.25) is 0 Å². The van der Waals surface area contributed by atoms with E-state index in [0.29, 0.717) is 16.8 Å². The van der Waals surface area contributed by atoms with Crippen molar-refractivity contribution in [1.82, 2.24) is 4.90 Å².